The van der Waals surface area contributed by atoms with Crippen molar-refractivity contribution in [2.24, 2.45) is 0 Å². The fourth-order valence-electron chi connectivity index (χ4n) is 2.70. The molecule has 0 bridgehead atoms. The van der Waals surface area contributed by atoms with Gasteiger partial charge in [0, 0.05) is 10.9 Å². The molecule has 2 aromatic heterocycles. The van der Waals surface area contributed by atoms with Crippen LogP contribution < -0.4 is 5.32 Å². The maximum absolute atomic E-state index is 11.1. The van der Waals surface area contributed by atoms with Gasteiger partial charge in [-0.1, -0.05) is 18.2 Å². The number of carbonyl (C=O) groups is 1. The highest BCUT2D eigenvalue weighted by atomic mass is 16.4. The molecule has 1 aliphatic rings. The number of amides is 1. The molecule has 0 unspecified atom stereocenters. The van der Waals surface area contributed by atoms with Gasteiger partial charge in [0.2, 0.25) is 0 Å². The molecule has 3 aromatic rings. The lowest BCUT2D eigenvalue weighted by atomic mass is 10.2. The van der Waals surface area contributed by atoms with Crippen molar-refractivity contribution in [3.63, 3.8) is 0 Å². The SMILES string of the molecule is O=C(O)N1Cc2ncnc(Nc3cnc4ccccc4c3)c2C1. The summed E-state index contributed by atoms with van der Waals surface area (Å²) in [6.07, 6.45) is 2.23. The van der Waals surface area contributed by atoms with Gasteiger partial charge in [-0.3, -0.25) is 9.88 Å². The van der Waals surface area contributed by atoms with E-state index in [0.717, 1.165) is 27.8 Å². The van der Waals surface area contributed by atoms with E-state index >= 15 is 0 Å². The zero-order valence-electron chi connectivity index (χ0n) is 12.1. The molecule has 1 aliphatic heterocycles. The van der Waals surface area contributed by atoms with Crippen LogP contribution in [0.25, 0.3) is 10.9 Å². The van der Waals surface area contributed by atoms with E-state index < -0.39 is 6.09 Å². The number of fused-ring (bicyclic) bond motifs is 2. The summed E-state index contributed by atoms with van der Waals surface area (Å²) in [5.74, 6) is 0.621. The molecule has 0 fully saturated rings. The molecule has 0 saturated heterocycles. The summed E-state index contributed by atoms with van der Waals surface area (Å²) >= 11 is 0. The number of benzene rings is 1. The Kier molecular flexibility index (Phi) is 3.04. The first-order valence-corrected chi connectivity index (χ1v) is 7.13. The quantitative estimate of drug-likeness (QED) is 0.756. The topological polar surface area (TPSA) is 91.2 Å². The van der Waals surface area contributed by atoms with E-state index in [4.69, 9.17) is 5.11 Å². The predicted octanol–water partition coefficient (Wildman–Crippen LogP) is 2.76. The Labute approximate surface area is 131 Å². The summed E-state index contributed by atoms with van der Waals surface area (Å²) in [5, 5.41) is 13.4. The van der Waals surface area contributed by atoms with E-state index in [2.05, 4.69) is 20.3 Å². The van der Waals surface area contributed by atoms with Crippen LogP contribution in [-0.2, 0) is 13.1 Å². The minimum absolute atomic E-state index is 0.287. The zero-order valence-corrected chi connectivity index (χ0v) is 12.1. The van der Waals surface area contributed by atoms with E-state index in [1.165, 1.54) is 11.2 Å². The van der Waals surface area contributed by atoms with Gasteiger partial charge in [-0.05, 0) is 12.1 Å². The van der Waals surface area contributed by atoms with Crippen LogP contribution in [0.2, 0.25) is 0 Å². The highest BCUT2D eigenvalue weighted by molar-refractivity contribution is 5.82. The molecule has 0 atom stereocenters. The summed E-state index contributed by atoms with van der Waals surface area (Å²) in [6.45, 7) is 0.576. The van der Waals surface area contributed by atoms with Gasteiger partial charge in [0.15, 0.2) is 0 Å². The standard InChI is InChI=1S/C16H13N5O2/c22-16(23)21-7-12-14(8-21)18-9-19-15(12)20-11-5-10-3-1-2-4-13(10)17-6-11/h1-6,9H,7-8H2,(H,22,23)(H,18,19,20). The predicted molar refractivity (Wildman–Crippen MR) is 84.3 cm³/mol. The van der Waals surface area contributed by atoms with Gasteiger partial charge in [-0.15, -0.1) is 0 Å². The largest absolute Gasteiger partial charge is 0.465 e. The minimum atomic E-state index is -0.957. The van der Waals surface area contributed by atoms with Crippen molar-refractivity contribution >= 4 is 28.5 Å². The van der Waals surface area contributed by atoms with Gasteiger partial charge in [0.25, 0.3) is 0 Å². The normalized spacial score (nSPS) is 13.1. The average molecular weight is 307 g/mol. The molecule has 2 N–H and O–H groups in total. The molecular weight excluding hydrogens is 294 g/mol. The molecule has 0 aliphatic carbocycles. The van der Waals surface area contributed by atoms with Gasteiger partial charge in [0.05, 0.1) is 36.2 Å². The first-order chi connectivity index (χ1) is 11.2. The molecule has 0 spiro atoms. The lowest BCUT2D eigenvalue weighted by molar-refractivity contribution is 0.145. The average Bonchev–Trinajstić information content (AvgIpc) is 3.00. The maximum atomic E-state index is 11.1. The smallest absolute Gasteiger partial charge is 0.407 e. The Morgan fingerprint density at radius 2 is 2.04 bits per heavy atom. The molecule has 23 heavy (non-hydrogen) atoms. The molecular formula is C16H13N5O2. The van der Waals surface area contributed by atoms with Gasteiger partial charge in [0.1, 0.15) is 12.1 Å². The highest BCUT2D eigenvalue weighted by Crippen LogP contribution is 2.28. The summed E-state index contributed by atoms with van der Waals surface area (Å²) in [5.41, 5.74) is 3.27. The second-order valence-electron chi connectivity index (χ2n) is 5.33. The number of carboxylic acid groups (broad SMARTS) is 1. The number of aromatic nitrogens is 3. The summed E-state index contributed by atoms with van der Waals surface area (Å²) in [4.78, 5) is 25.3. The second kappa shape index (κ2) is 5.20. The van der Waals surface area contributed by atoms with Crippen LogP contribution in [-0.4, -0.2) is 31.1 Å². The third-order valence-electron chi connectivity index (χ3n) is 3.85. The Hall–Kier alpha value is -3.22. The number of para-hydroxylation sites is 1. The number of anilines is 2. The highest BCUT2D eigenvalue weighted by Gasteiger charge is 2.27. The first kappa shape index (κ1) is 13.4. The summed E-state index contributed by atoms with van der Waals surface area (Å²) < 4.78 is 0. The van der Waals surface area contributed by atoms with E-state index in [-0.39, 0.29) is 13.1 Å². The number of pyridine rings is 1. The maximum Gasteiger partial charge on any atom is 0.407 e. The molecule has 0 radical (unpaired) electrons. The Morgan fingerprint density at radius 1 is 1.17 bits per heavy atom. The molecule has 7 heteroatoms. The minimum Gasteiger partial charge on any atom is -0.465 e. The molecule has 1 amide bonds. The summed E-state index contributed by atoms with van der Waals surface area (Å²) in [7, 11) is 0. The van der Waals surface area contributed by atoms with Crippen molar-refractivity contribution in [2.75, 3.05) is 5.32 Å². The van der Waals surface area contributed by atoms with Crippen LogP contribution in [0.1, 0.15) is 11.3 Å². The third kappa shape index (κ3) is 2.42. The monoisotopic (exact) mass is 307 g/mol. The first-order valence-electron chi connectivity index (χ1n) is 7.13. The van der Waals surface area contributed by atoms with E-state index in [1.54, 1.807) is 6.20 Å². The van der Waals surface area contributed by atoms with Gasteiger partial charge in [-0.2, -0.15) is 0 Å². The van der Waals surface area contributed by atoms with Crippen molar-refractivity contribution in [2.45, 2.75) is 13.1 Å². The van der Waals surface area contributed by atoms with Crippen molar-refractivity contribution in [3.05, 3.63) is 54.1 Å². The van der Waals surface area contributed by atoms with Crippen LogP contribution >= 0.6 is 0 Å². The van der Waals surface area contributed by atoms with Gasteiger partial charge >= 0.3 is 6.09 Å². The number of rotatable bonds is 2. The van der Waals surface area contributed by atoms with Crippen LogP contribution in [0.3, 0.4) is 0 Å². The van der Waals surface area contributed by atoms with E-state index in [1.807, 2.05) is 30.3 Å². The van der Waals surface area contributed by atoms with E-state index in [9.17, 15) is 4.79 Å². The third-order valence-corrected chi connectivity index (χ3v) is 3.85. The van der Waals surface area contributed by atoms with Crippen LogP contribution in [0.4, 0.5) is 16.3 Å². The lowest BCUT2D eigenvalue weighted by Gasteiger charge is -2.10. The second-order valence-corrected chi connectivity index (χ2v) is 5.33. The van der Waals surface area contributed by atoms with Crippen molar-refractivity contribution in [1.29, 1.82) is 0 Å². The Bertz CT molecular complexity index is 912. The van der Waals surface area contributed by atoms with Gasteiger partial charge in [-0.25, -0.2) is 14.8 Å². The van der Waals surface area contributed by atoms with Gasteiger partial charge < -0.3 is 10.4 Å². The van der Waals surface area contributed by atoms with Crippen LogP contribution in [0, 0.1) is 0 Å². The van der Waals surface area contributed by atoms with E-state index in [0.29, 0.717) is 5.82 Å². The van der Waals surface area contributed by atoms with Crippen molar-refractivity contribution in [3.8, 4) is 0 Å². The fraction of sp³-hybridized carbons (Fsp3) is 0.125. The zero-order chi connectivity index (χ0) is 15.8. The molecule has 1 aromatic carbocycles. The van der Waals surface area contributed by atoms with Crippen molar-refractivity contribution in [1.82, 2.24) is 19.9 Å². The molecule has 7 nitrogen and oxygen atoms in total. The number of hydrogen-bond acceptors (Lipinski definition) is 5. The lowest BCUT2D eigenvalue weighted by Crippen LogP contribution is -2.22. The van der Waals surface area contributed by atoms with Crippen LogP contribution in [0.15, 0.2) is 42.9 Å². The Balaban J connectivity index is 1.67. The number of nitrogens with zero attached hydrogens (tertiary/aromatic N) is 4. The molecule has 3 heterocycles. The summed E-state index contributed by atoms with van der Waals surface area (Å²) in [6, 6.07) is 9.83. The fourth-order valence-corrected chi connectivity index (χ4v) is 2.70. The Morgan fingerprint density at radius 3 is 2.91 bits per heavy atom. The number of nitrogens with one attached hydrogen (secondary N) is 1. The van der Waals surface area contributed by atoms with Crippen molar-refractivity contribution < 1.29 is 9.90 Å². The van der Waals surface area contributed by atoms with Crippen LogP contribution in [0.5, 0.6) is 0 Å². The number of hydrogen-bond donors (Lipinski definition) is 2. The molecule has 114 valence electrons. The molecule has 0 saturated carbocycles. The molecule has 4 rings (SSSR count).